The van der Waals surface area contributed by atoms with E-state index in [4.69, 9.17) is 9.15 Å². The summed E-state index contributed by atoms with van der Waals surface area (Å²) in [5.74, 6) is 0.0680. The van der Waals surface area contributed by atoms with Gasteiger partial charge in [-0.05, 0) is 30.7 Å². The molecule has 0 saturated carbocycles. The van der Waals surface area contributed by atoms with Gasteiger partial charge in [-0.1, -0.05) is 6.07 Å². The molecule has 1 saturated heterocycles. The van der Waals surface area contributed by atoms with Crippen LogP contribution < -0.4 is 0 Å². The molecular weight excluding hydrogens is 322 g/mol. The Labute approximate surface area is 146 Å². The van der Waals surface area contributed by atoms with Gasteiger partial charge in [-0.2, -0.15) is 0 Å². The van der Waals surface area contributed by atoms with Gasteiger partial charge in [0.1, 0.15) is 5.69 Å². The fraction of sp³-hybridized carbons (Fsp3) is 0.389. The Balaban J connectivity index is 1.65. The first-order valence-electron chi connectivity index (χ1n) is 8.26. The van der Waals surface area contributed by atoms with Crippen molar-refractivity contribution in [3.05, 3.63) is 53.7 Å². The van der Waals surface area contributed by atoms with Crippen LogP contribution in [0.15, 0.2) is 41.0 Å². The van der Waals surface area contributed by atoms with Crippen LogP contribution in [0.25, 0.3) is 0 Å². The lowest BCUT2D eigenvalue weighted by atomic mass is 10.2. The van der Waals surface area contributed by atoms with Crippen molar-refractivity contribution >= 4 is 11.8 Å². The quantitative estimate of drug-likeness (QED) is 0.846. The van der Waals surface area contributed by atoms with Crippen LogP contribution in [0.5, 0.6) is 0 Å². The van der Waals surface area contributed by atoms with Crippen molar-refractivity contribution in [1.29, 1.82) is 0 Å². The van der Waals surface area contributed by atoms with E-state index in [0.29, 0.717) is 44.2 Å². The second-order valence-corrected chi connectivity index (χ2v) is 5.86. The van der Waals surface area contributed by atoms with Gasteiger partial charge in [0.25, 0.3) is 11.8 Å². The van der Waals surface area contributed by atoms with Crippen LogP contribution in [0, 0.1) is 0 Å². The largest absolute Gasteiger partial charge is 0.459 e. The highest BCUT2D eigenvalue weighted by Crippen LogP contribution is 2.12. The Kier molecular flexibility index (Phi) is 5.45. The number of hydrogen-bond acceptors (Lipinski definition) is 5. The summed E-state index contributed by atoms with van der Waals surface area (Å²) in [6.07, 6.45) is 2.20. The molecule has 3 rings (SSSR count). The van der Waals surface area contributed by atoms with E-state index in [-0.39, 0.29) is 11.8 Å². The number of nitrogens with zero attached hydrogens (tertiary/aromatic N) is 3. The van der Waals surface area contributed by atoms with Crippen molar-refractivity contribution in [3.8, 4) is 0 Å². The van der Waals surface area contributed by atoms with Crippen molar-refractivity contribution in [2.24, 2.45) is 0 Å². The molecule has 0 aliphatic carbocycles. The Morgan fingerprint density at radius 2 is 1.84 bits per heavy atom. The van der Waals surface area contributed by atoms with Crippen molar-refractivity contribution in [2.75, 3.05) is 33.3 Å². The number of amides is 2. The van der Waals surface area contributed by atoms with Crippen LogP contribution in [0.4, 0.5) is 0 Å². The highest BCUT2D eigenvalue weighted by Gasteiger charge is 2.25. The lowest BCUT2D eigenvalue weighted by Crippen LogP contribution is -2.37. The van der Waals surface area contributed by atoms with Crippen LogP contribution in [0.2, 0.25) is 0 Å². The molecular formula is C18H21N3O4. The molecule has 0 spiro atoms. The Morgan fingerprint density at radius 3 is 2.52 bits per heavy atom. The minimum absolute atomic E-state index is 0.120. The van der Waals surface area contributed by atoms with Crippen LogP contribution >= 0.6 is 0 Å². The zero-order valence-electron chi connectivity index (χ0n) is 14.2. The maximum atomic E-state index is 12.7. The van der Waals surface area contributed by atoms with Crippen LogP contribution in [-0.4, -0.2) is 59.9 Å². The minimum atomic E-state index is -0.139. The summed E-state index contributed by atoms with van der Waals surface area (Å²) in [7, 11) is 1.59. The highest BCUT2D eigenvalue weighted by atomic mass is 16.5. The smallest absolute Gasteiger partial charge is 0.289 e. The number of pyridine rings is 1. The standard InChI is InChI=1S/C18H21N3O4/c1-24-13-14-5-2-6-15(19-14)17(22)20-8-4-9-21(11-10-20)18(23)16-7-3-12-25-16/h2-3,5-7,12H,4,8-11,13H2,1H3. The van der Waals surface area contributed by atoms with E-state index in [2.05, 4.69) is 4.98 Å². The van der Waals surface area contributed by atoms with Gasteiger partial charge in [0.05, 0.1) is 18.6 Å². The third kappa shape index (κ3) is 4.06. The van der Waals surface area contributed by atoms with Crippen LogP contribution in [-0.2, 0) is 11.3 Å². The average molecular weight is 343 g/mol. The maximum Gasteiger partial charge on any atom is 0.289 e. The molecule has 0 atom stereocenters. The molecule has 132 valence electrons. The average Bonchev–Trinajstić information content (AvgIpc) is 3.06. The summed E-state index contributed by atoms with van der Waals surface area (Å²) < 4.78 is 10.2. The number of carbonyl (C=O) groups is 2. The number of carbonyl (C=O) groups excluding carboxylic acids is 2. The van der Waals surface area contributed by atoms with Crippen LogP contribution in [0.3, 0.4) is 0 Å². The van der Waals surface area contributed by atoms with Gasteiger partial charge in [-0.25, -0.2) is 4.98 Å². The van der Waals surface area contributed by atoms with Crippen molar-refractivity contribution < 1.29 is 18.7 Å². The van der Waals surface area contributed by atoms with E-state index >= 15 is 0 Å². The number of methoxy groups -OCH3 is 1. The predicted molar refractivity (Wildman–Crippen MR) is 90.1 cm³/mol. The predicted octanol–water partition coefficient (Wildman–Crippen LogP) is 1.81. The molecule has 2 amide bonds. The van der Waals surface area contributed by atoms with Gasteiger partial charge in [0.2, 0.25) is 0 Å². The van der Waals surface area contributed by atoms with E-state index in [1.807, 2.05) is 6.07 Å². The third-order valence-electron chi connectivity index (χ3n) is 4.12. The number of hydrogen-bond donors (Lipinski definition) is 0. The summed E-state index contributed by atoms with van der Waals surface area (Å²) in [6, 6.07) is 8.69. The number of ether oxygens (including phenoxy) is 1. The first-order chi connectivity index (χ1) is 12.2. The molecule has 1 aliphatic rings. The molecule has 25 heavy (non-hydrogen) atoms. The first kappa shape index (κ1) is 17.2. The topological polar surface area (TPSA) is 75.9 Å². The maximum absolute atomic E-state index is 12.7. The molecule has 7 nitrogen and oxygen atoms in total. The van der Waals surface area contributed by atoms with Gasteiger partial charge in [-0.15, -0.1) is 0 Å². The normalized spacial score (nSPS) is 15.1. The number of rotatable bonds is 4. The molecule has 0 radical (unpaired) electrons. The zero-order valence-corrected chi connectivity index (χ0v) is 14.2. The number of aromatic nitrogens is 1. The summed E-state index contributed by atoms with van der Waals surface area (Å²) in [6.45, 7) is 2.51. The van der Waals surface area contributed by atoms with E-state index < -0.39 is 0 Å². The summed E-state index contributed by atoms with van der Waals surface area (Å²) >= 11 is 0. The van der Waals surface area contributed by atoms with Crippen molar-refractivity contribution in [3.63, 3.8) is 0 Å². The van der Waals surface area contributed by atoms with Gasteiger partial charge in [-0.3, -0.25) is 9.59 Å². The molecule has 0 unspecified atom stereocenters. The summed E-state index contributed by atoms with van der Waals surface area (Å²) in [4.78, 5) is 32.9. The molecule has 2 aromatic heterocycles. The lowest BCUT2D eigenvalue weighted by Gasteiger charge is -2.21. The molecule has 0 aromatic carbocycles. The molecule has 3 heterocycles. The SMILES string of the molecule is COCc1cccc(C(=O)N2CCCN(C(=O)c3ccco3)CC2)n1. The molecule has 2 aromatic rings. The Hall–Kier alpha value is -2.67. The first-order valence-corrected chi connectivity index (χ1v) is 8.26. The Morgan fingerprint density at radius 1 is 1.08 bits per heavy atom. The second-order valence-electron chi connectivity index (χ2n) is 5.86. The molecule has 1 aliphatic heterocycles. The van der Waals surface area contributed by atoms with Gasteiger partial charge in [0.15, 0.2) is 5.76 Å². The minimum Gasteiger partial charge on any atom is -0.459 e. The van der Waals surface area contributed by atoms with Gasteiger partial charge >= 0.3 is 0 Å². The number of furan rings is 1. The summed E-state index contributed by atoms with van der Waals surface area (Å²) in [5, 5.41) is 0. The fourth-order valence-electron chi connectivity index (χ4n) is 2.87. The van der Waals surface area contributed by atoms with Crippen molar-refractivity contribution in [2.45, 2.75) is 13.0 Å². The molecule has 1 fully saturated rings. The highest BCUT2D eigenvalue weighted by molar-refractivity contribution is 5.93. The van der Waals surface area contributed by atoms with E-state index in [1.165, 1.54) is 6.26 Å². The van der Waals surface area contributed by atoms with Crippen LogP contribution in [0.1, 0.15) is 33.2 Å². The fourth-order valence-corrected chi connectivity index (χ4v) is 2.87. The van der Waals surface area contributed by atoms with Gasteiger partial charge in [0, 0.05) is 33.3 Å². The zero-order chi connectivity index (χ0) is 17.6. The van der Waals surface area contributed by atoms with Gasteiger partial charge < -0.3 is 19.0 Å². The molecule has 7 heteroatoms. The lowest BCUT2D eigenvalue weighted by molar-refractivity contribution is 0.0697. The third-order valence-corrected chi connectivity index (χ3v) is 4.12. The Bertz CT molecular complexity index is 730. The van der Waals surface area contributed by atoms with Crippen molar-refractivity contribution in [1.82, 2.24) is 14.8 Å². The molecule has 0 N–H and O–H groups in total. The molecule has 0 bridgehead atoms. The monoisotopic (exact) mass is 343 g/mol. The summed E-state index contributed by atoms with van der Waals surface area (Å²) in [5.41, 5.74) is 1.12. The second kappa shape index (κ2) is 7.94. The van der Waals surface area contributed by atoms with E-state index in [0.717, 1.165) is 12.1 Å². The van der Waals surface area contributed by atoms with E-state index in [9.17, 15) is 9.59 Å². The van der Waals surface area contributed by atoms with E-state index in [1.54, 1.807) is 41.2 Å².